The second-order valence-electron chi connectivity index (χ2n) is 4.49. The van der Waals surface area contributed by atoms with Crippen molar-refractivity contribution in [3.8, 4) is 0 Å². The largest absolute Gasteiger partial charge is 0.367 e. The molecule has 0 bridgehead atoms. The van der Waals surface area contributed by atoms with Gasteiger partial charge in [0.2, 0.25) is 0 Å². The van der Waals surface area contributed by atoms with E-state index in [4.69, 9.17) is 17.0 Å². The molecule has 1 aliphatic carbocycles. The molecular weight excluding hydrogens is 236 g/mol. The van der Waals surface area contributed by atoms with Crippen molar-refractivity contribution in [3.05, 3.63) is 17.0 Å². The molecule has 5 heteroatoms. The Bertz CT molecular complexity index is 413. The average molecular weight is 253 g/mol. The van der Waals surface area contributed by atoms with E-state index in [1.54, 1.807) is 6.92 Å². The number of hydrogen-bond acceptors (Lipinski definition) is 4. The highest BCUT2D eigenvalue weighted by molar-refractivity contribution is 6.33. The Labute approximate surface area is 106 Å². The first-order valence-corrected chi connectivity index (χ1v) is 6.39. The van der Waals surface area contributed by atoms with Gasteiger partial charge in [0.15, 0.2) is 0 Å². The summed E-state index contributed by atoms with van der Waals surface area (Å²) in [6.45, 7) is 1.70. The fourth-order valence-corrected chi connectivity index (χ4v) is 2.52. The molecular formula is C12H17ClN4. The Morgan fingerprint density at radius 1 is 1.35 bits per heavy atom. The van der Waals surface area contributed by atoms with Crippen LogP contribution in [0, 0.1) is 5.41 Å². The van der Waals surface area contributed by atoms with E-state index in [0.717, 1.165) is 12.8 Å². The third-order valence-corrected chi connectivity index (χ3v) is 3.41. The molecule has 1 saturated carbocycles. The molecule has 0 aromatic carbocycles. The zero-order chi connectivity index (χ0) is 12.3. The van der Waals surface area contributed by atoms with Crippen LogP contribution in [0.1, 0.15) is 44.6 Å². The van der Waals surface area contributed by atoms with Crippen LogP contribution in [0.5, 0.6) is 0 Å². The van der Waals surface area contributed by atoms with E-state index in [0.29, 0.717) is 28.3 Å². The molecule has 0 unspecified atom stereocenters. The van der Waals surface area contributed by atoms with Crippen LogP contribution in [0.15, 0.2) is 6.33 Å². The number of nitrogens with zero attached hydrogens (tertiary/aromatic N) is 2. The summed E-state index contributed by atoms with van der Waals surface area (Å²) in [5.74, 6) is 0.699. The maximum Gasteiger partial charge on any atom is 0.143 e. The topological polar surface area (TPSA) is 61.7 Å². The van der Waals surface area contributed by atoms with Crippen LogP contribution in [0.2, 0.25) is 5.15 Å². The summed E-state index contributed by atoms with van der Waals surface area (Å²) in [6.07, 6.45) is 7.61. The number of rotatable bonds is 3. The summed E-state index contributed by atoms with van der Waals surface area (Å²) in [7, 11) is 0. The number of halogens is 1. The highest BCUT2D eigenvalue weighted by Crippen LogP contribution is 2.25. The van der Waals surface area contributed by atoms with Crippen molar-refractivity contribution in [1.82, 2.24) is 9.97 Å². The van der Waals surface area contributed by atoms with E-state index in [-0.39, 0.29) is 0 Å². The molecule has 0 atom stereocenters. The van der Waals surface area contributed by atoms with Crippen LogP contribution in [0.4, 0.5) is 5.82 Å². The smallest absolute Gasteiger partial charge is 0.143 e. The van der Waals surface area contributed by atoms with Crippen LogP contribution in [0.3, 0.4) is 0 Å². The third kappa shape index (κ3) is 2.94. The predicted octanol–water partition coefficient (Wildman–Crippen LogP) is 3.26. The van der Waals surface area contributed by atoms with Gasteiger partial charge in [0.1, 0.15) is 17.3 Å². The molecule has 0 amide bonds. The molecule has 1 fully saturated rings. The second-order valence-corrected chi connectivity index (χ2v) is 4.85. The van der Waals surface area contributed by atoms with Crippen molar-refractivity contribution in [2.75, 3.05) is 5.32 Å². The first-order chi connectivity index (χ1) is 8.18. The second kappa shape index (κ2) is 5.45. The van der Waals surface area contributed by atoms with Crippen molar-refractivity contribution < 1.29 is 0 Å². The summed E-state index contributed by atoms with van der Waals surface area (Å²) >= 11 is 6.01. The number of hydrogen-bond donors (Lipinski definition) is 2. The van der Waals surface area contributed by atoms with Crippen LogP contribution in [-0.4, -0.2) is 21.7 Å². The van der Waals surface area contributed by atoms with Gasteiger partial charge in [-0.25, -0.2) is 9.97 Å². The van der Waals surface area contributed by atoms with E-state index < -0.39 is 0 Å². The minimum Gasteiger partial charge on any atom is -0.367 e. The van der Waals surface area contributed by atoms with Crippen molar-refractivity contribution >= 4 is 23.1 Å². The minimum absolute atomic E-state index is 0.353. The van der Waals surface area contributed by atoms with Crippen LogP contribution in [0.25, 0.3) is 0 Å². The maximum absolute atomic E-state index is 7.73. The lowest BCUT2D eigenvalue weighted by Crippen LogP contribution is -2.24. The molecule has 1 aromatic heterocycles. The first kappa shape index (κ1) is 12.3. The van der Waals surface area contributed by atoms with Crippen LogP contribution in [-0.2, 0) is 0 Å². The summed E-state index contributed by atoms with van der Waals surface area (Å²) in [6, 6.07) is 0.452. The van der Waals surface area contributed by atoms with Gasteiger partial charge in [0.25, 0.3) is 0 Å². The van der Waals surface area contributed by atoms with Crippen molar-refractivity contribution in [2.24, 2.45) is 0 Å². The molecule has 2 rings (SSSR count). The lowest BCUT2D eigenvalue weighted by molar-refractivity contribution is 0.462. The zero-order valence-electron chi connectivity index (χ0n) is 9.96. The van der Waals surface area contributed by atoms with E-state index in [1.165, 1.54) is 25.6 Å². The molecule has 4 nitrogen and oxygen atoms in total. The standard InChI is InChI=1S/C12H17ClN4/c1-8(14)10-11(13)15-7-16-12(10)17-9-5-3-2-4-6-9/h7,9,14H,2-6H2,1H3,(H,15,16,17). The lowest BCUT2D eigenvalue weighted by Gasteiger charge is -2.24. The Balaban J connectivity index is 2.19. The van der Waals surface area contributed by atoms with Crippen LogP contribution < -0.4 is 5.32 Å². The number of aromatic nitrogens is 2. The van der Waals surface area contributed by atoms with Gasteiger partial charge in [-0.3, -0.25) is 0 Å². The molecule has 17 heavy (non-hydrogen) atoms. The van der Waals surface area contributed by atoms with Crippen molar-refractivity contribution in [2.45, 2.75) is 45.1 Å². The molecule has 1 heterocycles. The fraction of sp³-hybridized carbons (Fsp3) is 0.583. The van der Waals surface area contributed by atoms with Gasteiger partial charge in [-0.2, -0.15) is 0 Å². The molecule has 92 valence electrons. The maximum atomic E-state index is 7.73. The van der Waals surface area contributed by atoms with E-state index in [2.05, 4.69) is 15.3 Å². The van der Waals surface area contributed by atoms with Crippen molar-refractivity contribution in [3.63, 3.8) is 0 Å². The quantitative estimate of drug-likeness (QED) is 0.641. The molecule has 1 aliphatic rings. The Morgan fingerprint density at radius 2 is 2.06 bits per heavy atom. The van der Waals surface area contributed by atoms with Crippen LogP contribution >= 0.6 is 11.6 Å². The summed E-state index contributed by atoms with van der Waals surface area (Å²) in [4.78, 5) is 8.13. The fourth-order valence-electron chi connectivity index (χ4n) is 2.25. The molecule has 0 radical (unpaired) electrons. The van der Waals surface area contributed by atoms with Gasteiger partial charge >= 0.3 is 0 Å². The molecule has 0 aliphatic heterocycles. The molecule has 0 saturated heterocycles. The lowest BCUT2D eigenvalue weighted by atomic mass is 9.95. The Hall–Kier alpha value is -1.16. The monoisotopic (exact) mass is 252 g/mol. The SMILES string of the molecule is CC(=N)c1c(Cl)ncnc1NC1CCCCC1. The molecule has 1 aromatic rings. The van der Waals surface area contributed by atoms with Gasteiger partial charge in [-0.05, 0) is 19.8 Å². The van der Waals surface area contributed by atoms with Gasteiger partial charge in [0.05, 0.1) is 5.56 Å². The Morgan fingerprint density at radius 3 is 2.71 bits per heavy atom. The highest BCUT2D eigenvalue weighted by atomic mass is 35.5. The van der Waals surface area contributed by atoms with Gasteiger partial charge in [0, 0.05) is 11.8 Å². The normalized spacial score (nSPS) is 16.8. The van der Waals surface area contributed by atoms with E-state index in [1.807, 2.05) is 0 Å². The van der Waals surface area contributed by atoms with E-state index in [9.17, 15) is 0 Å². The first-order valence-electron chi connectivity index (χ1n) is 6.01. The summed E-state index contributed by atoms with van der Waals surface area (Å²) < 4.78 is 0. The van der Waals surface area contributed by atoms with Gasteiger partial charge < -0.3 is 10.7 Å². The number of anilines is 1. The molecule has 2 N–H and O–H groups in total. The summed E-state index contributed by atoms with van der Waals surface area (Å²) in [5, 5.41) is 11.5. The number of nitrogens with one attached hydrogen (secondary N) is 2. The van der Waals surface area contributed by atoms with E-state index >= 15 is 0 Å². The highest BCUT2D eigenvalue weighted by Gasteiger charge is 2.17. The minimum atomic E-state index is 0.353. The zero-order valence-corrected chi connectivity index (χ0v) is 10.7. The summed E-state index contributed by atoms with van der Waals surface area (Å²) in [5.41, 5.74) is 1.02. The average Bonchev–Trinajstić information content (AvgIpc) is 2.30. The third-order valence-electron chi connectivity index (χ3n) is 3.12. The Kier molecular flexibility index (Phi) is 3.94. The predicted molar refractivity (Wildman–Crippen MR) is 70.0 cm³/mol. The van der Waals surface area contributed by atoms with Gasteiger partial charge in [-0.1, -0.05) is 30.9 Å². The van der Waals surface area contributed by atoms with Crippen molar-refractivity contribution in [1.29, 1.82) is 5.41 Å². The molecule has 0 spiro atoms. The van der Waals surface area contributed by atoms with Gasteiger partial charge in [-0.15, -0.1) is 0 Å².